The first-order valence-electron chi connectivity index (χ1n) is 9.82. The SMILES string of the molecule is CC(C)(C)c1cc(CCC(=O)N/N=C\c2ccc(Cl)cc2)cc(C(C)(C)C)c1O. The van der Waals surface area contributed by atoms with Gasteiger partial charge in [0.1, 0.15) is 5.75 Å². The molecule has 2 N–H and O–H groups in total. The van der Waals surface area contributed by atoms with E-state index in [0.717, 1.165) is 22.3 Å². The normalized spacial score (nSPS) is 12.4. The minimum atomic E-state index is -0.189. The first-order chi connectivity index (χ1) is 13.4. The molecule has 0 unspecified atom stereocenters. The van der Waals surface area contributed by atoms with E-state index in [9.17, 15) is 9.90 Å². The quantitative estimate of drug-likeness (QED) is 0.485. The number of carbonyl (C=O) groups excluding carboxylic acids is 1. The second kappa shape index (κ2) is 9.00. The number of hydrogen-bond donors (Lipinski definition) is 2. The molecule has 5 heteroatoms. The van der Waals surface area contributed by atoms with Crippen molar-refractivity contribution in [3.8, 4) is 5.75 Å². The largest absolute Gasteiger partial charge is 0.507 e. The van der Waals surface area contributed by atoms with Crippen LogP contribution in [-0.4, -0.2) is 17.2 Å². The Balaban J connectivity index is 2.09. The second-order valence-electron chi connectivity index (χ2n) is 9.38. The minimum absolute atomic E-state index is 0.155. The van der Waals surface area contributed by atoms with Gasteiger partial charge in [0, 0.05) is 11.4 Å². The number of hydrogen-bond acceptors (Lipinski definition) is 3. The summed E-state index contributed by atoms with van der Waals surface area (Å²) in [5.41, 5.74) is 5.89. The number of nitrogens with one attached hydrogen (secondary N) is 1. The fraction of sp³-hybridized carbons (Fsp3) is 0.417. The summed E-state index contributed by atoms with van der Waals surface area (Å²) in [4.78, 5) is 12.2. The summed E-state index contributed by atoms with van der Waals surface area (Å²) in [7, 11) is 0. The molecular formula is C24H31ClN2O2. The molecule has 0 aliphatic carbocycles. The molecule has 2 aromatic carbocycles. The van der Waals surface area contributed by atoms with Gasteiger partial charge in [0.2, 0.25) is 5.91 Å². The lowest BCUT2D eigenvalue weighted by atomic mass is 9.78. The molecule has 4 nitrogen and oxygen atoms in total. The number of benzene rings is 2. The molecule has 0 aromatic heterocycles. The highest BCUT2D eigenvalue weighted by Crippen LogP contribution is 2.39. The molecule has 0 aliphatic heterocycles. The van der Waals surface area contributed by atoms with E-state index < -0.39 is 0 Å². The molecule has 0 aliphatic rings. The van der Waals surface area contributed by atoms with Crippen LogP contribution >= 0.6 is 11.6 Å². The summed E-state index contributed by atoms with van der Waals surface area (Å²) in [6.45, 7) is 12.5. The number of nitrogens with zero attached hydrogens (tertiary/aromatic N) is 1. The average molecular weight is 415 g/mol. The number of phenols is 1. The number of halogens is 1. The standard InChI is InChI=1S/C24H31ClN2O2/c1-23(2,3)19-13-17(14-20(22(19)29)24(4,5)6)9-12-21(28)27-26-15-16-7-10-18(25)11-8-16/h7-8,10-11,13-15,29H,9,12H2,1-6H3,(H,27,28)/b26-15-. The summed E-state index contributed by atoms with van der Waals surface area (Å²) >= 11 is 5.85. The maximum Gasteiger partial charge on any atom is 0.240 e. The summed E-state index contributed by atoms with van der Waals surface area (Å²) in [6.07, 6.45) is 2.48. The zero-order valence-corrected chi connectivity index (χ0v) is 18.9. The number of phenolic OH excluding ortho intramolecular Hbond substituents is 1. The van der Waals surface area contributed by atoms with Crippen LogP contribution in [0.2, 0.25) is 5.02 Å². The van der Waals surface area contributed by atoms with E-state index in [-0.39, 0.29) is 16.7 Å². The molecule has 0 spiro atoms. The van der Waals surface area contributed by atoms with Crippen LogP contribution in [0.1, 0.15) is 70.2 Å². The predicted molar refractivity (Wildman–Crippen MR) is 121 cm³/mol. The van der Waals surface area contributed by atoms with Crippen molar-refractivity contribution in [1.29, 1.82) is 0 Å². The number of rotatable bonds is 5. The summed E-state index contributed by atoms with van der Waals surface area (Å²) < 4.78 is 0. The molecule has 0 fully saturated rings. The lowest BCUT2D eigenvalue weighted by Crippen LogP contribution is -2.20. The van der Waals surface area contributed by atoms with Gasteiger partial charge in [-0.05, 0) is 51.6 Å². The van der Waals surface area contributed by atoms with E-state index in [1.807, 2.05) is 24.3 Å². The fourth-order valence-electron chi connectivity index (χ4n) is 3.02. The van der Waals surface area contributed by atoms with Crippen molar-refractivity contribution in [2.24, 2.45) is 5.10 Å². The van der Waals surface area contributed by atoms with Gasteiger partial charge in [-0.2, -0.15) is 5.10 Å². The first-order valence-corrected chi connectivity index (χ1v) is 10.2. The highest BCUT2D eigenvalue weighted by atomic mass is 35.5. The van der Waals surface area contributed by atoms with Gasteiger partial charge >= 0.3 is 0 Å². The van der Waals surface area contributed by atoms with Gasteiger partial charge in [-0.15, -0.1) is 0 Å². The Morgan fingerprint density at radius 1 is 1.03 bits per heavy atom. The van der Waals surface area contributed by atoms with E-state index in [2.05, 4.69) is 52.1 Å². The molecule has 2 rings (SSSR count). The molecule has 0 bridgehead atoms. The average Bonchev–Trinajstić information content (AvgIpc) is 2.60. The summed E-state index contributed by atoms with van der Waals surface area (Å²) in [6, 6.07) is 11.2. The van der Waals surface area contributed by atoms with Gasteiger partial charge in [0.25, 0.3) is 0 Å². The molecule has 1 amide bonds. The van der Waals surface area contributed by atoms with Gasteiger partial charge in [0.15, 0.2) is 0 Å². The maximum absolute atomic E-state index is 12.2. The molecule has 0 heterocycles. The van der Waals surface area contributed by atoms with Crippen LogP contribution in [0.5, 0.6) is 5.75 Å². The Hall–Kier alpha value is -2.33. The minimum Gasteiger partial charge on any atom is -0.507 e. The van der Waals surface area contributed by atoms with Gasteiger partial charge in [-0.3, -0.25) is 4.79 Å². The number of aryl methyl sites for hydroxylation is 1. The van der Waals surface area contributed by atoms with Crippen LogP contribution in [0.4, 0.5) is 0 Å². The Labute approximate surface area is 179 Å². The van der Waals surface area contributed by atoms with Crippen molar-refractivity contribution in [3.05, 3.63) is 63.7 Å². The zero-order chi connectivity index (χ0) is 21.8. The van der Waals surface area contributed by atoms with Crippen molar-refractivity contribution in [1.82, 2.24) is 5.43 Å². The molecular weight excluding hydrogens is 384 g/mol. The van der Waals surface area contributed by atoms with E-state index >= 15 is 0 Å². The van der Waals surface area contributed by atoms with Gasteiger partial charge in [-0.25, -0.2) is 5.43 Å². The number of amides is 1. The third kappa shape index (κ3) is 6.60. The van der Waals surface area contributed by atoms with E-state index in [4.69, 9.17) is 11.6 Å². The zero-order valence-electron chi connectivity index (χ0n) is 18.1. The molecule has 29 heavy (non-hydrogen) atoms. The van der Waals surface area contributed by atoms with Crippen LogP contribution in [0.25, 0.3) is 0 Å². The van der Waals surface area contributed by atoms with E-state index in [0.29, 0.717) is 23.6 Å². The first kappa shape index (κ1) is 23.0. The van der Waals surface area contributed by atoms with Gasteiger partial charge < -0.3 is 5.11 Å². The fourth-order valence-corrected chi connectivity index (χ4v) is 3.15. The van der Waals surface area contributed by atoms with Crippen molar-refractivity contribution < 1.29 is 9.90 Å². The highest BCUT2D eigenvalue weighted by Gasteiger charge is 2.26. The molecule has 156 valence electrons. The van der Waals surface area contributed by atoms with Gasteiger partial charge in [0.05, 0.1) is 6.21 Å². The van der Waals surface area contributed by atoms with E-state index in [1.54, 1.807) is 18.3 Å². The third-order valence-electron chi connectivity index (χ3n) is 4.70. The Morgan fingerprint density at radius 2 is 1.55 bits per heavy atom. The number of hydrazone groups is 1. The lowest BCUT2D eigenvalue weighted by molar-refractivity contribution is -0.121. The monoisotopic (exact) mass is 414 g/mol. The van der Waals surface area contributed by atoms with Crippen LogP contribution in [0.15, 0.2) is 41.5 Å². The van der Waals surface area contributed by atoms with Crippen molar-refractivity contribution in [3.63, 3.8) is 0 Å². The Kier molecular flexibility index (Phi) is 7.12. The van der Waals surface area contributed by atoms with Crippen LogP contribution in [0.3, 0.4) is 0 Å². The van der Waals surface area contributed by atoms with Crippen molar-refractivity contribution in [2.75, 3.05) is 0 Å². The molecule has 0 saturated carbocycles. The second-order valence-corrected chi connectivity index (χ2v) is 9.82. The summed E-state index contributed by atoms with van der Waals surface area (Å²) in [5.74, 6) is 0.198. The molecule has 0 atom stereocenters. The Bertz CT molecular complexity index is 854. The van der Waals surface area contributed by atoms with Crippen LogP contribution in [0, 0.1) is 0 Å². The molecule has 0 saturated heterocycles. The van der Waals surface area contributed by atoms with Gasteiger partial charge in [-0.1, -0.05) is 77.4 Å². The molecule has 2 aromatic rings. The van der Waals surface area contributed by atoms with Crippen LogP contribution < -0.4 is 5.43 Å². The molecule has 0 radical (unpaired) electrons. The smallest absolute Gasteiger partial charge is 0.240 e. The number of carbonyl (C=O) groups is 1. The Morgan fingerprint density at radius 3 is 2.03 bits per heavy atom. The topological polar surface area (TPSA) is 61.7 Å². The maximum atomic E-state index is 12.2. The summed E-state index contributed by atoms with van der Waals surface area (Å²) in [5, 5.41) is 15.5. The van der Waals surface area contributed by atoms with Crippen molar-refractivity contribution in [2.45, 2.75) is 65.2 Å². The lowest BCUT2D eigenvalue weighted by Gasteiger charge is -2.28. The van der Waals surface area contributed by atoms with E-state index in [1.165, 1.54) is 0 Å². The highest BCUT2D eigenvalue weighted by molar-refractivity contribution is 6.30. The van der Waals surface area contributed by atoms with Crippen LogP contribution in [-0.2, 0) is 22.0 Å². The predicted octanol–water partition coefficient (Wildman–Crippen LogP) is 5.72. The number of aromatic hydroxyl groups is 1. The third-order valence-corrected chi connectivity index (χ3v) is 4.95. The van der Waals surface area contributed by atoms with Crippen molar-refractivity contribution >= 4 is 23.7 Å².